The van der Waals surface area contributed by atoms with Crippen LogP contribution in [0.15, 0.2) is 54.7 Å². The van der Waals surface area contributed by atoms with Gasteiger partial charge in [0.25, 0.3) is 0 Å². The molecule has 1 unspecified atom stereocenters. The number of para-hydroxylation sites is 1. The van der Waals surface area contributed by atoms with Gasteiger partial charge >= 0.3 is 0 Å². The van der Waals surface area contributed by atoms with Crippen molar-refractivity contribution in [3.8, 4) is 5.75 Å². The zero-order valence-electron chi connectivity index (χ0n) is 15.3. The van der Waals surface area contributed by atoms with Crippen molar-refractivity contribution in [3.05, 3.63) is 65.9 Å². The van der Waals surface area contributed by atoms with Crippen LogP contribution in [0.2, 0.25) is 0 Å². The molecule has 4 nitrogen and oxygen atoms in total. The highest BCUT2D eigenvalue weighted by Gasteiger charge is 2.07. The fourth-order valence-corrected chi connectivity index (χ4v) is 2.80. The molecule has 0 saturated carbocycles. The van der Waals surface area contributed by atoms with Crippen LogP contribution in [-0.2, 0) is 0 Å². The van der Waals surface area contributed by atoms with Crippen LogP contribution < -0.4 is 10.1 Å². The number of benzene rings is 2. The summed E-state index contributed by atoms with van der Waals surface area (Å²) in [6.07, 6.45) is 5.56. The van der Waals surface area contributed by atoms with Gasteiger partial charge < -0.3 is 20.1 Å². The van der Waals surface area contributed by atoms with E-state index in [0.717, 1.165) is 22.4 Å². The Morgan fingerprint density at radius 1 is 1.04 bits per heavy atom. The molecule has 0 saturated heterocycles. The average molecular weight is 350 g/mol. The molecule has 3 rings (SSSR count). The number of aliphatic hydroxyl groups is 1. The van der Waals surface area contributed by atoms with Crippen molar-refractivity contribution in [2.75, 3.05) is 13.2 Å². The lowest BCUT2D eigenvalue weighted by atomic mass is 10.1. The largest absolute Gasteiger partial charge is 0.490 e. The van der Waals surface area contributed by atoms with Crippen LogP contribution in [0.4, 0.5) is 0 Å². The Kier molecular flexibility index (Phi) is 6.10. The molecule has 1 atom stereocenters. The second-order valence-corrected chi connectivity index (χ2v) is 6.69. The standard InChI is InChI=1S/C22H26N2O2/c1-16(2)24-14-19(25)15-26-22-9-4-3-6-18(22)11-10-17-7-5-8-21-20(17)12-13-23-21/h3-13,16,19,23-25H,14-15H2,1-2H3/b11-10+. The van der Waals surface area contributed by atoms with Gasteiger partial charge in [0.15, 0.2) is 0 Å². The molecule has 1 aromatic heterocycles. The number of hydrogen-bond donors (Lipinski definition) is 3. The van der Waals surface area contributed by atoms with E-state index in [1.165, 1.54) is 5.39 Å². The van der Waals surface area contributed by atoms with Crippen molar-refractivity contribution in [1.29, 1.82) is 0 Å². The van der Waals surface area contributed by atoms with Gasteiger partial charge in [0.05, 0.1) is 0 Å². The Bertz CT molecular complexity index is 867. The SMILES string of the molecule is CC(C)NCC(O)COc1ccccc1/C=C/c1cccc2[nH]ccc12. The van der Waals surface area contributed by atoms with E-state index in [4.69, 9.17) is 4.74 Å². The van der Waals surface area contributed by atoms with E-state index in [9.17, 15) is 5.11 Å². The van der Waals surface area contributed by atoms with Crippen LogP contribution in [0.3, 0.4) is 0 Å². The fraction of sp³-hybridized carbons (Fsp3) is 0.273. The van der Waals surface area contributed by atoms with E-state index in [2.05, 4.69) is 54.5 Å². The molecule has 0 spiro atoms. The van der Waals surface area contributed by atoms with E-state index in [1.54, 1.807) is 0 Å². The molecule has 136 valence electrons. The van der Waals surface area contributed by atoms with Crippen LogP contribution in [0.5, 0.6) is 5.75 Å². The zero-order chi connectivity index (χ0) is 18.4. The van der Waals surface area contributed by atoms with E-state index in [-0.39, 0.29) is 6.61 Å². The highest BCUT2D eigenvalue weighted by Crippen LogP contribution is 2.23. The summed E-state index contributed by atoms with van der Waals surface area (Å²) >= 11 is 0. The number of rotatable bonds is 8. The van der Waals surface area contributed by atoms with Crippen LogP contribution in [0.1, 0.15) is 25.0 Å². The molecule has 0 fully saturated rings. The predicted molar refractivity (Wildman–Crippen MR) is 108 cm³/mol. The molecule has 4 heteroatoms. The molecule has 0 radical (unpaired) electrons. The number of fused-ring (bicyclic) bond motifs is 1. The maximum Gasteiger partial charge on any atom is 0.126 e. The minimum atomic E-state index is -0.539. The van der Waals surface area contributed by atoms with E-state index in [0.29, 0.717) is 12.6 Å². The number of hydrogen-bond acceptors (Lipinski definition) is 3. The van der Waals surface area contributed by atoms with Crippen molar-refractivity contribution in [1.82, 2.24) is 10.3 Å². The lowest BCUT2D eigenvalue weighted by Gasteiger charge is -2.16. The fourth-order valence-electron chi connectivity index (χ4n) is 2.80. The van der Waals surface area contributed by atoms with Gasteiger partial charge in [-0.3, -0.25) is 0 Å². The van der Waals surface area contributed by atoms with Gasteiger partial charge in [0, 0.05) is 35.2 Å². The van der Waals surface area contributed by atoms with Crippen molar-refractivity contribution in [3.63, 3.8) is 0 Å². The number of aromatic amines is 1. The molecule has 0 aliphatic rings. The quantitative estimate of drug-likeness (QED) is 0.537. The maximum absolute atomic E-state index is 10.0. The molecule has 1 heterocycles. The van der Waals surface area contributed by atoms with Crippen LogP contribution in [0, 0.1) is 0 Å². The molecule has 26 heavy (non-hydrogen) atoms. The summed E-state index contributed by atoms with van der Waals surface area (Å²) in [4.78, 5) is 3.23. The average Bonchev–Trinajstić information content (AvgIpc) is 3.13. The van der Waals surface area contributed by atoms with Gasteiger partial charge in [-0.1, -0.05) is 56.3 Å². The summed E-state index contributed by atoms with van der Waals surface area (Å²) in [7, 11) is 0. The third-order valence-corrected chi connectivity index (χ3v) is 4.18. The Morgan fingerprint density at radius 2 is 1.81 bits per heavy atom. The molecule has 2 aromatic carbocycles. The third-order valence-electron chi connectivity index (χ3n) is 4.18. The normalized spacial score (nSPS) is 12.9. The molecule has 3 aromatic rings. The lowest BCUT2D eigenvalue weighted by molar-refractivity contribution is 0.104. The molecule has 0 aliphatic heterocycles. The molecule has 0 aliphatic carbocycles. The van der Waals surface area contributed by atoms with Gasteiger partial charge in [0.2, 0.25) is 0 Å². The van der Waals surface area contributed by atoms with Crippen molar-refractivity contribution < 1.29 is 9.84 Å². The summed E-state index contributed by atoms with van der Waals surface area (Å²) in [5, 5.41) is 14.4. The number of ether oxygens (including phenoxy) is 1. The number of aliphatic hydroxyl groups excluding tert-OH is 1. The minimum Gasteiger partial charge on any atom is -0.490 e. The molecular formula is C22H26N2O2. The summed E-state index contributed by atoms with van der Waals surface area (Å²) in [6, 6.07) is 16.5. The van der Waals surface area contributed by atoms with E-state index >= 15 is 0 Å². The highest BCUT2D eigenvalue weighted by atomic mass is 16.5. The number of H-pyrrole nitrogens is 1. The van der Waals surface area contributed by atoms with Gasteiger partial charge in [-0.25, -0.2) is 0 Å². The van der Waals surface area contributed by atoms with Crippen molar-refractivity contribution >= 4 is 23.1 Å². The van der Waals surface area contributed by atoms with Gasteiger partial charge in [-0.15, -0.1) is 0 Å². The van der Waals surface area contributed by atoms with E-state index in [1.807, 2.05) is 36.5 Å². The van der Waals surface area contributed by atoms with Gasteiger partial charge in [-0.2, -0.15) is 0 Å². The minimum absolute atomic E-state index is 0.262. The monoisotopic (exact) mass is 350 g/mol. The summed E-state index contributed by atoms with van der Waals surface area (Å²) in [5.41, 5.74) is 3.27. The lowest BCUT2D eigenvalue weighted by Crippen LogP contribution is -2.35. The van der Waals surface area contributed by atoms with Crippen LogP contribution >= 0.6 is 0 Å². The zero-order valence-corrected chi connectivity index (χ0v) is 15.3. The number of nitrogens with one attached hydrogen (secondary N) is 2. The van der Waals surface area contributed by atoms with Crippen molar-refractivity contribution in [2.24, 2.45) is 0 Å². The summed E-state index contributed by atoms with van der Waals surface area (Å²) < 4.78 is 5.84. The second kappa shape index (κ2) is 8.70. The smallest absolute Gasteiger partial charge is 0.126 e. The van der Waals surface area contributed by atoms with Crippen LogP contribution in [0.25, 0.3) is 23.1 Å². The maximum atomic E-state index is 10.0. The van der Waals surface area contributed by atoms with Gasteiger partial charge in [-0.05, 0) is 23.8 Å². The first-order valence-corrected chi connectivity index (χ1v) is 9.01. The Morgan fingerprint density at radius 3 is 2.65 bits per heavy atom. The first-order chi connectivity index (χ1) is 12.6. The van der Waals surface area contributed by atoms with Gasteiger partial charge in [0.1, 0.15) is 18.5 Å². The Labute approximate surface area is 154 Å². The third kappa shape index (κ3) is 4.75. The Hall–Kier alpha value is -2.56. The highest BCUT2D eigenvalue weighted by molar-refractivity contribution is 5.91. The first-order valence-electron chi connectivity index (χ1n) is 9.01. The Balaban J connectivity index is 1.70. The second-order valence-electron chi connectivity index (χ2n) is 6.69. The van der Waals surface area contributed by atoms with E-state index < -0.39 is 6.10 Å². The molecule has 0 amide bonds. The molecule has 3 N–H and O–H groups in total. The van der Waals surface area contributed by atoms with Crippen LogP contribution in [-0.4, -0.2) is 35.4 Å². The molecule has 0 bridgehead atoms. The van der Waals surface area contributed by atoms with Crippen molar-refractivity contribution in [2.45, 2.75) is 26.0 Å². The first kappa shape index (κ1) is 18.2. The summed E-state index contributed by atoms with van der Waals surface area (Å²) in [5.74, 6) is 0.772. The summed E-state index contributed by atoms with van der Waals surface area (Å²) in [6.45, 7) is 4.89. The topological polar surface area (TPSA) is 57.3 Å². The number of aromatic nitrogens is 1. The molecular weight excluding hydrogens is 324 g/mol. The predicted octanol–water partition coefficient (Wildman–Crippen LogP) is 4.08.